The first-order chi connectivity index (χ1) is 8.92. The molecule has 0 saturated carbocycles. The SMILES string of the molecule is O=S(=O)(Cl)CCNS(=O)(=O)c1cccc(C(F)(F)F)c1. The number of alkyl halides is 3. The molecule has 11 heteroatoms. The smallest absolute Gasteiger partial charge is 0.212 e. The van der Waals surface area contributed by atoms with Crippen molar-refractivity contribution in [3.63, 3.8) is 0 Å². The maximum Gasteiger partial charge on any atom is 0.416 e. The first-order valence-electron chi connectivity index (χ1n) is 5.01. The third kappa shape index (κ3) is 5.27. The van der Waals surface area contributed by atoms with Crippen LogP contribution in [0.5, 0.6) is 0 Å². The fraction of sp³-hybridized carbons (Fsp3) is 0.333. The van der Waals surface area contributed by atoms with Crippen LogP contribution in [0, 0.1) is 0 Å². The number of nitrogens with one attached hydrogen (secondary N) is 1. The highest BCUT2D eigenvalue weighted by atomic mass is 35.7. The van der Waals surface area contributed by atoms with Crippen LogP contribution in [0.2, 0.25) is 0 Å². The van der Waals surface area contributed by atoms with Gasteiger partial charge in [-0.3, -0.25) is 0 Å². The Morgan fingerprint density at radius 2 is 1.75 bits per heavy atom. The third-order valence-corrected chi connectivity index (χ3v) is 4.72. The van der Waals surface area contributed by atoms with Crippen LogP contribution in [0.1, 0.15) is 5.56 Å². The zero-order valence-electron chi connectivity index (χ0n) is 9.68. The molecule has 0 spiro atoms. The van der Waals surface area contributed by atoms with Crippen molar-refractivity contribution in [1.82, 2.24) is 4.72 Å². The molecule has 0 amide bonds. The largest absolute Gasteiger partial charge is 0.416 e. The molecular weight excluding hydrogens is 343 g/mol. The van der Waals surface area contributed by atoms with Crippen LogP contribution < -0.4 is 4.72 Å². The monoisotopic (exact) mass is 351 g/mol. The van der Waals surface area contributed by atoms with Gasteiger partial charge in [0, 0.05) is 17.2 Å². The van der Waals surface area contributed by atoms with Gasteiger partial charge in [0.1, 0.15) is 0 Å². The van der Waals surface area contributed by atoms with Crippen molar-refractivity contribution < 1.29 is 30.0 Å². The van der Waals surface area contributed by atoms with Gasteiger partial charge in [-0.05, 0) is 18.2 Å². The lowest BCUT2D eigenvalue weighted by molar-refractivity contribution is -0.137. The minimum absolute atomic E-state index is 0.456. The Balaban J connectivity index is 2.94. The van der Waals surface area contributed by atoms with Crippen LogP contribution in [0.4, 0.5) is 13.2 Å². The van der Waals surface area contributed by atoms with Gasteiger partial charge in [-0.25, -0.2) is 21.6 Å². The number of hydrogen-bond donors (Lipinski definition) is 1. The first-order valence-corrected chi connectivity index (χ1v) is 8.97. The molecule has 5 nitrogen and oxygen atoms in total. The quantitative estimate of drug-likeness (QED) is 0.816. The standard InChI is InChI=1S/C9H9ClF3NO4S2/c10-19(15,16)5-4-14-20(17,18)8-3-1-2-7(6-8)9(11,12)13/h1-3,6,14H,4-5H2. The number of sulfonamides is 1. The van der Waals surface area contributed by atoms with Gasteiger partial charge in [-0.2, -0.15) is 13.2 Å². The van der Waals surface area contributed by atoms with E-state index in [-0.39, 0.29) is 0 Å². The number of hydrogen-bond acceptors (Lipinski definition) is 4. The van der Waals surface area contributed by atoms with E-state index in [1.807, 2.05) is 4.72 Å². The molecule has 0 aromatic heterocycles. The van der Waals surface area contributed by atoms with Gasteiger partial charge < -0.3 is 0 Å². The predicted molar refractivity (Wildman–Crippen MR) is 66.3 cm³/mol. The summed E-state index contributed by atoms with van der Waals surface area (Å²) in [7, 11) is -3.25. The molecule has 0 bridgehead atoms. The van der Waals surface area contributed by atoms with Crippen molar-refractivity contribution in [3.05, 3.63) is 29.8 Å². The van der Waals surface area contributed by atoms with Crippen molar-refractivity contribution >= 4 is 29.8 Å². The van der Waals surface area contributed by atoms with E-state index in [1.54, 1.807) is 0 Å². The Bertz CT molecular complexity index is 685. The van der Waals surface area contributed by atoms with E-state index < -0.39 is 48.0 Å². The average Bonchev–Trinajstić information content (AvgIpc) is 2.26. The Labute approximate surface area is 118 Å². The Morgan fingerprint density at radius 1 is 1.15 bits per heavy atom. The van der Waals surface area contributed by atoms with Gasteiger partial charge in [-0.15, -0.1) is 0 Å². The highest BCUT2D eigenvalue weighted by molar-refractivity contribution is 8.13. The summed E-state index contributed by atoms with van der Waals surface area (Å²) in [5, 5.41) is 0. The van der Waals surface area contributed by atoms with Crippen LogP contribution in [0.25, 0.3) is 0 Å². The Hall–Kier alpha value is -0.840. The number of rotatable bonds is 5. The Kier molecular flexibility index (Phi) is 5.06. The van der Waals surface area contributed by atoms with Crippen LogP contribution >= 0.6 is 10.7 Å². The lowest BCUT2D eigenvalue weighted by atomic mass is 10.2. The lowest BCUT2D eigenvalue weighted by Crippen LogP contribution is -2.28. The number of benzene rings is 1. The molecular formula is C9H9ClF3NO4S2. The lowest BCUT2D eigenvalue weighted by Gasteiger charge is -2.09. The molecule has 0 radical (unpaired) electrons. The molecule has 1 aromatic carbocycles. The first kappa shape index (κ1) is 17.2. The van der Waals surface area contributed by atoms with Crippen LogP contribution in [0.15, 0.2) is 29.2 Å². The minimum Gasteiger partial charge on any atom is -0.212 e. The summed E-state index contributed by atoms with van der Waals surface area (Å²) < 4.78 is 83.8. The van der Waals surface area contributed by atoms with E-state index in [0.29, 0.717) is 6.07 Å². The van der Waals surface area contributed by atoms with Gasteiger partial charge >= 0.3 is 6.18 Å². The summed E-state index contributed by atoms with van der Waals surface area (Å²) in [6.45, 7) is -0.537. The van der Waals surface area contributed by atoms with E-state index in [0.717, 1.165) is 18.2 Å². The predicted octanol–water partition coefficient (Wildman–Crippen LogP) is 1.55. The molecule has 0 aliphatic heterocycles. The molecule has 0 aliphatic rings. The molecule has 0 saturated heterocycles. The fourth-order valence-corrected chi connectivity index (χ4v) is 3.00. The van der Waals surface area contributed by atoms with Gasteiger partial charge in [0.2, 0.25) is 19.1 Å². The summed E-state index contributed by atoms with van der Waals surface area (Å²) in [5.41, 5.74) is -1.12. The summed E-state index contributed by atoms with van der Waals surface area (Å²) in [6, 6.07) is 3.09. The Morgan fingerprint density at radius 3 is 2.25 bits per heavy atom. The van der Waals surface area contributed by atoms with Crippen molar-refractivity contribution in [3.8, 4) is 0 Å². The molecule has 0 aliphatic carbocycles. The molecule has 114 valence electrons. The second kappa shape index (κ2) is 5.88. The fourth-order valence-electron chi connectivity index (χ4n) is 1.22. The second-order valence-electron chi connectivity index (χ2n) is 3.67. The summed E-state index contributed by atoms with van der Waals surface area (Å²) >= 11 is 0. The third-order valence-electron chi connectivity index (χ3n) is 2.11. The van der Waals surface area contributed by atoms with Crippen molar-refractivity contribution in [2.75, 3.05) is 12.3 Å². The zero-order chi connectivity index (χ0) is 15.6. The summed E-state index contributed by atoms with van der Waals surface area (Å²) in [6.07, 6.45) is -4.68. The topological polar surface area (TPSA) is 80.3 Å². The average molecular weight is 352 g/mol. The highest BCUT2D eigenvalue weighted by Crippen LogP contribution is 2.30. The molecule has 0 heterocycles. The number of halogens is 4. The molecule has 0 fully saturated rings. The van der Waals surface area contributed by atoms with E-state index in [9.17, 15) is 30.0 Å². The van der Waals surface area contributed by atoms with Gasteiger partial charge in [0.05, 0.1) is 16.2 Å². The summed E-state index contributed by atoms with van der Waals surface area (Å²) in [4.78, 5) is -0.612. The maximum atomic E-state index is 12.5. The van der Waals surface area contributed by atoms with Crippen molar-refractivity contribution in [2.45, 2.75) is 11.1 Å². The van der Waals surface area contributed by atoms with Gasteiger partial charge in [0.15, 0.2) is 0 Å². The van der Waals surface area contributed by atoms with Crippen LogP contribution in [-0.4, -0.2) is 29.1 Å². The molecule has 1 N–H and O–H groups in total. The normalized spacial score (nSPS) is 13.4. The molecule has 0 unspecified atom stereocenters. The van der Waals surface area contributed by atoms with E-state index in [4.69, 9.17) is 10.7 Å². The minimum atomic E-state index is -4.68. The van der Waals surface area contributed by atoms with E-state index >= 15 is 0 Å². The van der Waals surface area contributed by atoms with Crippen LogP contribution in [-0.2, 0) is 25.3 Å². The molecule has 1 rings (SSSR count). The van der Waals surface area contributed by atoms with Crippen molar-refractivity contribution in [1.29, 1.82) is 0 Å². The molecule has 1 aromatic rings. The highest BCUT2D eigenvalue weighted by Gasteiger charge is 2.31. The maximum absolute atomic E-state index is 12.5. The molecule has 20 heavy (non-hydrogen) atoms. The van der Waals surface area contributed by atoms with Gasteiger partial charge in [0.25, 0.3) is 0 Å². The zero-order valence-corrected chi connectivity index (χ0v) is 12.1. The second-order valence-corrected chi connectivity index (χ2v) is 8.33. The van der Waals surface area contributed by atoms with Gasteiger partial charge in [-0.1, -0.05) is 6.07 Å². The van der Waals surface area contributed by atoms with E-state index in [2.05, 4.69) is 0 Å². The van der Waals surface area contributed by atoms with Crippen molar-refractivity contribution in [2.24, 2.45) is 0 Å². The summed E-state index contributed by atoms with van der Waals surface area (Å²) in [5.74, 6) is -0.674. The van der Waals surface area contributed by atoms with Crippen LogP contribution in [0.3, 0.4) is 0 Å². The molecule has 0 atom stereocenters. The van der Waals surface area contributed by atoms with E-state index in [1.165, 1.54) is 0 Å².